The Labute approximate surface area is 172 Å². The molecule has 1 aliphatic heterocycles. The van der Waals surface area contributed by atoms with E-state index in [2.05, 4.69) is 42.9 Å². The molecule has 152 valence electrons. The van der Waals surface area contributed by atoms with Gasteiger partial charge in [0.2, 0.25) is 5.91 Å². The summed E-state index contributed by atoms with van der Waals surface area (Å²) >= 11 is 0. The van der Waals surface area contributed by atoms with Crippen LogP contribution in [-0.4, -0.2) is 40.0 Å². The van der Waals surface area contributed by atoms with Crippen molar-refractivity contribution in [1.82, 2.24) is 14.9 Å². The summed E-state index contributed by atoms with van der Waals surface area (Å²) in [6, 6.07) is 10.1. The number of carbonyl (C=O) groups is 1. The van der Waals surface area contributed by atoms with Crippen molar-refractivity contribution in [2.75, 3.05) is 13.2 Å². The maximum Gasteiger partial charge on any atom is 0.227 e. The molecule has 2 aromatic heterocycles. The first-order valence-electron chi connectivity index (χ1n) is 10.4. The molecule has 5 heteroatoms. The van der Waals surface area contributed by atoms with E-state index in [1.165, 1.54) is 16.5 Å². The molecule has 0 radical (unpaired) electrons. The van der Waals surface area contributed by atoms with Gasteiger partial charge in [-0.3, -0.25) is 9.78 Å². The van der Waals surface area contributed by atoms with E-state index < -0.39 is 0 Å². The van der Waals surface area contributed by atoms with E-state index in [4.69, 9.17) is 4.74 Å². The lowest BCUT2D eigenvalue weighted by molar-refractivity contribution is -0.132. The number of amides is 1. The Kier molecular flexibility index (Phi) is 5.67. The highest BCUT2D eigenvalue weighted by molar-refractivity contribution is 5.93. The van der Waals surface area contributed by atoms with Crippen LogP contribution < -0.4 is 0 Å². The molecule has 0 aliphatic carbocycles. The van der Waals surface area contributed by atoms with Crippen LogP contribution in [0.3, 0.4) is 0 Å². The minimum absolute atomic E-state index is 0.121. The zero-order chi connectivity index (χ0) is 20.4. The van der Waals surface area contributed by atoms with Gasteiger partial charge in [0.05, 0.1) is 24.8 Å². The SMILES string of the molecule is Cc1[nH]c2c(C)ccc(C)c2c1CC(=O)N(Cc1ccccn1)C[C@@H]1CCCO1. The first-order chi connectivity index (χ1) is 14.0. The van der Waals surface area contributed by atoms with E-state index in [0.717, 1.165) is 41.9 Å². The number of ether oxygens (including phenoxy) is 1. The van der Waals surface area contributed by atoms with Crippen molar-refractivity contribution >= 4 is 16.8 Å². The highest BCUT2D eigenvalue weighted by Gasteiger charge is 2.25. The lowest BCUT2D eigenvalue weighted by Gasteiger charge is -2.25. The van der Waals surface area contributed by atoms with Gasteiger partial charge >= 0.3 is 0 Å². The number of nitrogens with one attached hydrogen (secondary N) is 1. The molecule has 1 saturated heterocycles. The minimum Gasteiger partial charge on any atom is -0.376 e. The molecule has 4 rings (SSSR count). The Hall–Kier alpha value is -2.66. The Bertz CT molecular complexity index is 1000. The third-order valence-corrected chi connectivity index (χ3v) is 5.90. The summed E-state index contributed by atoms with van der Waals surface area (Å²) in [7, 11) is 0. The number of aryl methyl sites for hydroxylation is 3. The van der Waals surface area contributed by atoms with E-state index in [9.17, 15) is 4.79 Å². The first-order valence-corrected chi connectivity index (χ1v) is 10.4. The number of aromatic nitrogens is 2. The second-order valence-electron chi connectivity index (χ2n) is 8.09. The van der Waals surface area contributed by atoms with Crippen LogP contribution >= 0.6 is 0 Å². The van der Waals surface area contributed by atoms with Crippen molar-refractivity contribution in [1.29, 1.82) is 0 Å². The highest BCUT2D eigenvalue weighted by Crippen LogP contribution is 2.29. The Balaban J connectivity index is 1.61. The van der Waals surface area contributed by atoms with Gasteiger partial charge in [-0.25, -0.2) is 0 Å². The lowest BCUT2D eigenvalue weighted by atomic mass is 10.0. The fourth-order valence-corrected chi connectivity index (χ4v) is 4.27. The quantitative estimate of drug-likeness (QED) is 0.684. The van der Waals surface area contributed by atoms with E-state index in [0.29, 0.717) is 19.5 Å². The second-order valence-corrected chi connectivity index (χ2v) is 8.09. The summed E-state index contributed by atoms with van der Waals surface area (Å²) < 4.78 is 5.81. The number of hydrogen-bond donors (Lipinski definition) is 1. The van der Waals surface area contributed by atoms with Crippen LogP contribution in [0.2, 0.25) is 0 Å². The molecule has 0 saturated carbocycles. The molecule has 3 heterocycles. The normalized spacial score (nSPS) is 16.4. The van der Waals surface area contributed by atoms with Crippen molar-refractivity contribution in [3.8, 4) is 0 Å². The topological polar surface area (TPSA) is 58.2 Å². The average molecular weight is 392 g/mol. The molecule has 1 aromatic carbocycles. The van der Waals surface area contributed by atoms with Gasteiger partial charge in [-0.15, -0.1) is 0 Å². The van der Waals surface area contributed by atoms with Crippen LogP contribution in [0.1, 0.15) is 40.9 Å². The smallest absolute Gasteiger partial charge is 0.227 e. The summed E-state index contributed by atoms with van der Waals surface area (Å²) in [5.41, 5.74) is 6.62. The van der Waals surface area contributed by atoms with Crippen molar-refractivity contribution in [2.45, 2.75) is 52.7 Å². The maximum atomic E-state index is 13.4. The minimum atomic E-state index is 0.121. The van der Waals surface area contributed by atoms with Gasteiger partial charge in [0.1, 0.15) is 0 Å². The van der Waals surface area contributed by atoms with Gasteiger partial charge < -0.3 is 14.6 Å². The highest BCUT2D eigenvalue weighted by atomic mass is 16.5. The predicted octanol–water partition coefficient (Wildman–Crippen LogP) is 4.24. The molecular formula is C24H29N3O2. The zero-order valence-corrected chi connectivity index (χ0v) is 17.5. The van der Waals surface area contributed by atoms with E-state index in [1.807, 2.05) is 23.1 Å². The molecule has 1 N–H and O–H groups in total. The Morgan fingerprint density at radius 1 is 1.21 bits per heavy atom. The number of benzene rings is 1. The number of hydrogen-bond acceptors (Lipinski definition) is 3. The molecule has 0 unspecified atom stereocenters. The summed E-state index contributed by atoms with van der Waals surface area (Å²) in [5, 5.41) is 1.19. The summed E-state index contributed by atoms with van der Waals surface area (Å²) in [6.07, 6.45) is 4.36. The third kappa shape index (κ3) is 4.20. The molecule has 1 fully saturated rings. The van der Waals surface area contributed by atoms with Crippen LogP contribution in [-0.2, 0) is 22.5 Å². The van der Waals surface area contributed by atoms with Crippen molar-refractivity contribution in [2.24, 2.45) is 0 Å². The van der Waals surface area contributed by atoms with Gasteiger partial charge in [0.15, 0.2) is 0 Å². The monoisotopic (exact) mass is 391 g/mol. The van der Waals surface area contributed by atoms with Crippen LogP contribution in [0.5, 0.6) is 0 Å². The third-order valence-electron chi connectivity index (χ3n) is 5.90. The molecule has 0 spiro atoms. The average Bonchev–Trinajstić information content (AvgIpc) is 3.34. The number of carbonyl (C=O) groups excluding carboxylic acids is 1. The number of rotatable bonds is 6. The zero-order valence-electron chi connectivity index (χ0n) is 17.5. The fraction of sp³-hybridized carbons (Fsp3) is 0.417. The summed E-state index contributed by atoms with van der Waals surface area (Å²) in [6.45, 7) is 8.20. The van der Waals surface area contributed by atoms with Gasteiger partial charge in [0, 0.05) is 35.9 Å². The number of pyridine rings is 1. The number of nitrogens with zero attached hydrogens (tertiary/aromatic N) is 2. The largest absolute Gasteiger partial charge is 0.376 e. The fourth-order valence-electron chi connectivity index (χ4n) is 4.27. The second kappa shape index (κ2) is 8.37. The van der Waals surface area contributed by atoms with Crippen LogP contribution in [0.15, 0.2) is 36.5 Å². The van der Waals surface area contributed by atoms with Crippen molar-refractivity contribution in [3.05, 3.63) is 64.6 Å². The van der Waals surface area contributed by atoms with E-state index in [-0.39, 0.29) is 12.0 Å². The van der Waals surface area contributed by atoms with Crippen LogP contribution in [0.4, 0.5) is 0 Å². The summed E-state index contributed by atoms with van der Waals surface area (Å²) in [4.78, 5) is 23.3. The van der Waals surface area contributed by atoms with E-state index >= 15 is 0 Å². The van der Waals surface area contributed by atoms with Gasteiger partial charge in [-0.1, -0.05) is 18.2 Å². The molecule has 29 heavy (non-hydrogen) atoms. The molecule has 1 atom stereocenters. The predicted molar refractivity (Wildman–Crippen MR) is 115 cm³/mol. The van der Waals surface area contributed by atoms with Gasteiger partial charge in [-0.2, -0.15) is 0 Å². The van der Waals surface area contributed by atoms with Crippen LogP contribution in [0.25, 0.3) is 10.9 Å². The maximum absolute atomic E-state index is 13.4. The number of fused-ring (bicyclic) bond motifs is 1. The molecular weight excluding hydrogens is 362 g/mol. The van der Waals surface area contributed by atoms with Crippen LogP contribution in [0, 0.1) is 20.8 Å². The molecule has 0 bridgehead atoms. The molecule has 3 aromatic rings. The number of H-pyrrole nitrogens is 1. The first kappa shape index (κ1) is 19.6. The van der Waals surface area contributed by atoms with Crippen molar-refractivity contribution in [3.63, 3.8) is 0 Å². The Morgan fingerprint density at radius 2 is 2.03 bits per heavy atom. The lowest BCUT2D eigenvalue weighted by Crippen LogP contribution is -2.38. The Morgan fingerprint density at radius 3 is 2.76 bits per heavy atom. The number of aromatic amines is 1. The molecule has 1 amide bonds. The molecule has 1 aliphatic rings. The van der Waals surface area contributed by atoms with Gasteiger partial charge in [-0.05, 0) is 62.4 Å². The summed E-state index contributed by atoms with van der Waals surface area (Å²) in [5.74, 6) is 0.121. The van der Waals surface area contributed by atoms with Gasteiger partial charge in [0.25, 0.3) is 0 Å². The standard InChI is InChI=1S/C24H29N3O2/c1-16-9-10-17(2)24-23(16)21(18(3)26-24)13-22(28)27(15-20-8-6-12-29-20)14-19-7-4-5-11-25-19/h4-5,7,9-11,20,26H,6,8,12-15H2,1-3H3/t20-/m0/s1. The van der Waals surface area contributed by atoms with Crippen molar-refractivity contribution < 1.29 is 9.53 Å². The van der Waals surface area contributed by atoms with E-state index in [1.54, 1.807) is 6.20 Å². The molecule has 5 nitrogen and oxygen atoms in total.